The normalized spacial score (nSPS) is 23.2. The van der Waals surface area contributed by atoms with Gasteiger partial charge in [-0.05, 0) is 44.4 Å². The largest absolute Gasteiger partial charge is 0.352 e. The average Bonchev–Trinajstić information content (AvgIpc) is 2.88. The van der Waals surface area contributed by atoms with Gasteiger partial charge in [-0.15, -0.1) is 0 Å². The van der Waals surface area contributed by atoms with Crippen LogP contribution in [0.3, 0.4) is 0 Å². The van der Waals surface area contributed by atoms with E-state index in [0.29, 0.717) is 6.04 Å². The fourth-order valence-corrected chi connectivity index (χ4v) is 4.22. The van der Waals surface area contributed by atoms with E-state index in [9.17, 15) is 13.6 Å². The van der Waals surface area contributed by atoms with Crippen LogP contribution in [0.1, 0.15) is 56.9 Å². The molecule has 1 saturated heterocycles. The first-order valence-electron chi connectivity index (χ1n) is 9.60. The van der Waals surface area contributed by atoms with Gasteiger partial charge in [-0.3, -0.25) is 9.69 Å². The van der Waals surface area contributed by atoms with Gasteiger partial charge in [0, 0.05) is 24.2 Å². The third kappa shape index (κ3) is 5.00. The van der Waals surface area contributed by atoms with Crippen molar-refractivity contribution in [1.82, 2.24) is 10.2 Å². The molecule has 1 aromatic rings. The highest BCUT2D eigenvalue weighted by atomic mass is 19.1. The number of likely N-dealkylation sites (tertiary alicyclic amines) is 1. The van der Waals surface area contributed by atoms with Gasteiger partial charge in [0.15, 0.2) is 0 Å². The summed E-state index contributed by atoms with van der Waals surface area (Å²) in [5.41, 5.74) is -0.142. The Kier molecular flexibility index (Phi) is 6.40. The van der Waals surface area contributed by atoms with Crippen LogP contribution in [-0.2, 0) is 11.2 Å². The number of rotatable bonds is 4. The Hall–Kier alpha value is -1.49. The molecule has 2 aliphatic rings. The minimum absolute atomic E-state index is 0.0827. The molecule has 1 aromatic carbocycles. The fourth-order valence-electron chi connectivity index (χ4n) is 4.22. The molecular formula is C20H28F2N2O. The molecule has 3 nitrogen and oxygen atoms in total. The van der Waals surface area contributed by atoms with E-state index >= 15 is 0 Å². The predicted molar refractivity (Wildman–Crippen MR) is 94.3 cm³/mol. The smallest absolute Gasteiger partial charge is 0.224 e. The van der Waals surface area contributed by atoms with E-state index in [1.54, 1.807) is 0 Å². The fraction of sp³-hybridized carbons (Fsp3) is 0.650. The van der Waals surface area contributed by atoms with E-state index in [4.69, 9.17) is 0 Å². The lowest BCUT2D eigenvalue weighted by molar-refractivity contribution is -0.121. The van der Waals surface area contributed by atoms with Crippen LogP contribution in [0.25, 0.3) is 0 Å². The van der Waals surface area contributed by atoms with Gasteiger partial charge in [-0.1, -0.05) is 31.7 Å². The second-order valence-electron chi connectivity index (χ2n) is 7.42. The van der Waals surface area contributed by atoms with Gasteiger partial charge in [-0.25, -0.2) is 8.78 Å². The summed E-state index contributed by atoms with van der Waals surface area (Å²) >= 11 is 0. The van der Waals surface area contributed by atoms with Crippen molar-refractivity contribution in [3.63, 3.8) is 0 Å². The van der Waals surface area contributed by atoms with Gasteiger partial charge in [-0.2, -0.15) is 0 Å². The highest BCUT2D eigenvalue weighted by Crippen LogP contribution is 2.24. The number of hydrogen-bond acceptors (Lipinski definition) is 2. The van der Waals surface area contributed by atoms with Crippen molar-refractivity contribution in [1.29, 1.82) is 0 Å². The topological polar surface area (TPSA) is 32.3 Å². The van der Waals surface area contributed by atoms with Crippen molar-refractivity contribution in [3.05, 3.63) is 35.4 Å². The van der Waals surface area contributed by atoms with Gasteiger partial charge in [0.1, 0.15) is 11.6 Å². The van der Waals surface area contributed by atoms with E-state index in [-0.39, 0.29) is 23.9 Å². The first-order chi connectivity index (χ1) is 12.1. The third-order valence-corrected chi connectivity index (χ3v) is 5.56. The molecule has 0 bridgehead atoms. The quantitative estimate of drug-likeness (QED) is 0.838. The van der Waals surface area contributed by atoms with Crippen LogP contribution >= 0.6 is 0 Å². The van der Waals surface area contributed by atoms with Crippen molar-refractivity contribution < 1.29 is 13.6 Å². The minimum Gasteiger partial charge on any atom is -0.352 e. The van der Waals surface area contributed by atoms with Crippen LogP contribution in [0.2, 0.25) is 0 Å². The molecule has 1 N–H and O–H groups in total. The molecule has 25 heavy (non-hydrogen) atoms. The third-order valence-electron chi connectivity index (χ3n) is 5.56. The molecule has 0 unspecified atom stereocenters. The summed E-state index contributed by atoms with van der Waals surface area (Å²) in [7, 11) is 0. The number of carbonyl (C=O) groups is 1. The summed E-state index contributed by atoms with van der Waals surface area (Å²) in [6.45, 7) is 1.95. The van der Waals surface area contributed by atoms with Gasteiger partial charge in [0.2, 0.25) is 5.91 Å². The highest BCUT2D eigenvalue weighted by molar-refractivity contribution is 5.79. The SMILES string of the molecule is O=C(Cc1c(F)cccc1F)N[C@H]1CCCN(C2CCCCCC2)C1. The second-order valence-corrected chi connectivity index (χ2v) is 7.42. The zero-order chi connectivity index (χ0) is 17.6. The molecule has 0 radical (unpaired) electrons. The Bertz CT molecular complexity index is 565. The first kappa shape index (κ1) is 18.3. The zero-order valence-electron chi connectivity index (χ0n) is 14.8. The lowest BCUT2D eigenvalue weighted by Gasteiger charge is -2.38. The summed E-state index contributed by atoms with van der Waals surface area (Å²) in [6, 6.07) is 4.42. The van der Waals surface area contributed by atoms with Gasteiger partial charge >= 0.3 is 0 Å². The Labute approximate surface area is 148 Å². The number of piperidine rings is 1. The van der Waals surface area contributed by atoms with Gasteiger partial charge in [0.25, 0.3) is 0 Å². The number of nitrogens with one attached hydrogen (secondary N) is 1. The van der Waals surface area contributed by atoms with Gasteiger partial charge in [0.05, 0.1) is 6.42 Å². The first-order valence-corrected chi connectivity index (χ1v) is 9.60. The maximum atomic E-state index is 13.7. The molecule has 1 aliphatic heterocycles. The molecular weight excluding hydrogens is 322 g/mol. The summed E-state index contributed by atoms with van der Waals surface area (Å²) < 4.78 is 27.4. The predicted octanol–water partition coefficient (Wildman–Crippen LogP) is 3.81. The lowest BCUT2D eigenvalue weighted by atomic mass is 9.99. The van der Waals surface area contributed by atoms with Crippen LogP contribution in [-0.4, -0.2) is 36.0 Å². The number of halogens is 2. The van der Waals surface area contributed by atoms with E-state index < -0.39 is 11.6 Å². The van der Waals surface area contributed by atoms with E-state index in [2.05, 4.69) is 10.2 Å². The molecule has 1 atom stereocenters. The van der Waals surface area contributed by atoms with Crippen molar-refractivity contribution in [2.45, 2.75) is 69.9 Å². The number of amides is 1. The van der Waals surface area contributed by atoms with E-state index in [1.807, 2.05) is 0 Å². The van der Waals surface area contributed by atoms with Crippen LogP contribution in [0, 0.1) is 11.6 Å². The minimum atomic E-state index is -0.654. The Morgan fingerprint density at radius 3 is 2.40 bits per heavy atom. The summed E-state index contributed by atoms with van der Waals surface area (Å²) in [5.74, 6) is -1.60. The Balaban J connectivity index is 1.54. The molecule has 2 fully saturated rings. The van der Waals surface area contributed by atoms with Gasteiger partial charge < -0.3 is 5.32 Å². The zero-order valence-corrected chi connectivity index (χ0v) is 14.8. The Morgan fingerprint density at radius 1 is 1.04 bits per heavy atom. The highest BCUT2D eigenvalue weighted by Gasteiger charge is 2.27. The van der Waals surface area contributed by atoms with Crippen LogP contribution < -0.4 is 5.32 Å². The molecule has 138 valence electrons. The van der Waals surface area contributed by atoms with Crippen LogP contribution in [0.5, 0.6) is 0 Å². The second kappa shape index (κ2) is 8.75. The summed E-state index contributed by atoms with van der Waals surface area (Å²) in [5, 5.41) is 2.99. The number of benzene rings is 1. The summed E-state index contributed by atoms with van der Waals surface area (Å²) in [6.07, 6.45) is 9.53. The maximum Gasteiger partial charge on any atom is 0.224 e. The molecule has 1 heterocycles. The molecule has 1 amide bonds. The van der Waals surface area contributed by atoms with E-state index in [1.165, 1.54) is 56.7 Å². The summed E-state index contributed by atoms with van der Waals surface area (Å²) in [4.78, 5) is 14.8. The van der Waals surface area contributed by atoms with Crippen LogP contribution in [0.4, 0.5) is 8.78 Å². The molecule has 5 heteroatoms. The Morgan fingerprint density at radius 2 is 1.72 bits per heavy atom. The molecule has 1 saturated carbocycles. The molecule has 3 rings (SSSR count). The van der Waals surface area contributed by atoms with E-state index in [0.717, 1.165) is 25.9 Å². The molecule has 0 spiro atoms. The van der Waals surface area contributed by atoms with Crippen molar-refractivity contribution in [3.8, 4) is 0 Å². The standard InChI is InChI=1S/C20H28F2N2O/c21-18-10-5-11-19(22)17(18)13-20(25)23-15-7-6-12-24(14-15)16-8-3-1-2-4-9-16/h5,10-11,15-16H,1-4,6-9,12-14H2,(H,23,25)/t15-/m0/s1. The lowest BCUT2D eigenvalue weighted by Crippen LogP contribution is -2.51. The monoisotopic (exact) mass is 350 g/mol. The van der Waals surface area contributed by atoms with Crippen molar-refractivity contribution >= 4 is 5.91 Å². The number of nitrogens with zero attached hydrogens (tertiary/aromatic N) is 1. The average molecular weight is 350 g/mol. The molecule has 0 aromatic heterocycles. The molecule has 1 aliphatic carbocycles. The maximum absolute atomic E-state index is 13.7. The number of hydrogen-bond donors (Lipinski definition) is 1. The van der Waals surface area contributed by atoms with Crippen LogP contribution in [0.15, 0.2) is 18.2 Å². The number of carbonyl (C=O) groups excluding carboxylic acids is 1. The van der Waals surface area contributed by atoms with Crippen molar-refractivity contribution in [2.75, 3.05) is 13.1 Å². The van der Waals surface area contributed by atoms with Crippen molar-refractivity contribution in [2.24, 2.45) is 0 Å².